The molecule has 6 nitrogen and oxygen atoms in total. The number of carbonyl (C=O) groups is 1. The van der Waals surface area contributed by atoms with E-state index in [-0.39, 0.29) is 17.3 Å². The molecule has 1 amide bonds. The van der Waals surface area contributed by atoms with Gasteiger partial charge in [0.05, 0.1) is 11.4 Å². The van der Waals surface area contributed by atoms with Gasteiger partial charge in [0.15, 0.2) is 0 Å². The zero-order valence-corrected chi connectivity index (χ0v) is 16.9. The van der Waals surface area contributed by atoms with E-state index in [1.807, 2.05) is 34.1 Å². The summed E-state index contributed by atoms with van der Waals surface area (Å²) in [5, 5.41) is 0. The Bertz CT molecular complexity index is 994. The number of halogens is 1. The van der Waals surface area contributed by atoms with Crippen LogP contribution in [0.4, 0.5) is 10.1 Å². The van der Waals surface area contributed by atoms with Gasteiger partial charge in [-0.2, -0.15) is 4.31 Å². The quantitative estimate of drug-likeness (QED) is 0.765. The molecule has 0 unspecified atom stereocenters. The van der Waals surface area contributed by atoms with Crippen LogP contribution < -0.4 is 4.90 Å². The van der Waals surface area contributed by atoms with Gasteiger partial charge < -0.3 is 4.90 Å². The minimum atomic E-state index is -3.67. The molecule has 0 spiro atoms. The first-order chi connectivity index (χ1) is 13.9. The molecule has 2 aromatic rings. The Labute approximate surface area is 170 Å². The van der Waals surface area contributed by atoms with E-state index in [4.69, 9.17) is 0 Å². The van der Waals surface area contributed by atoms with Crippen LogP contribution in [0, 0.1) is 5.82 Å². The Morgan fingerprint density at radius 1 is 0.931 bits per heavy atom. The van der Waals surface area contributed by atoms with Gasteiger partial charge in [-0.1, -0.05) is 18.2 Å². The van der Waals surface area contributed by atoms with E-state index in [2.05, 4.69) is 0 Å². The molecule has 2 heterocycles. The number of fused-ring (bicyclic) bond motifs is 1. The highest BCUT2D eigenvalue weighted by molar-refractivity contribution is 7.89. The van der Waals surface area contributed by atoms with Crippen LogP contribution in [0.25, 0.3) is 0 Å². The van der Waals surface area contributed by atoms with Gasteiger partial charge in [-0.25, -0.2) is 12.8 Å². The van der Waals surface area contributed by atoms with Crippen LogP contribution in [0.15, 0.2) is 53.4 Å². The summed E-state index contributed by atoms with van der Waals surface area (Å²) in [6.45, 7) is 2.81. The minimum Gasteiger partial charge on any atom is -0.311 e. The van der Waals surface area contributed by atoms with Crippen LogP contribution in [0.5, 0.6) is 0 Å². The molecular weight excluding hydrogens is 393 g/mol. The Balaban J connectivity index is 1.39. The summed E-state index contributed by atoms with van der Waals surface area (Å²) in [5.41, 5.74) is 2.17. The molecule has 0 atom stereocenters. The summed E-state index contributed by atoms with van der Waals surface area (Å²) in [6, 6.07) is 12.8. The van der Waals surface area contributed by atoms with Gasteiger partial charge in [0.1, 0.15) is 5.82 Å². The maximum atomic E-state index is 13.1. The van der Waals surface area contributed by atoms with E-state index >= 15 is 0 Å². The van der Waals surface area contributed by atoms with Crippen molar-refractivity contribution in [2.24, 2.45) is 0 Å². The smallest absolute Gasteiger partial charge is 0.243 e. The molecule has 0 N–H and O–H groups in total. The summed E-state index contributed by atoms with van der Waals surface area (Å²) in [5.74, 6) is -0.419. The predicted molar refractivity (Wildman–Crippen MR) is 109 cm³/mol. The lowest BCUT2D eigenvalue weighted by atomic mass is 10.2. The van der Waals surface area contributed by atoms with Gasteiger partial charge in [-0.15, -0.1) is 0 Å². The number of rotatable bonds is 4. The van der Waals surface area contributed by atoms with Crippen LogP contribution in [0.3, 0.4) is 0 Å². The minimum absolute atomic E-state index is 0.0461. The fourth-order valence-corrected chi connectivity index (χ4v) is 5.44. The van der Waals surface area contributed by atoms with Gasteiger partial charge in [0.2, 0.25) is 15.9 Å². The Hall–Kier alpha value is -2.29. The molecule has 1 fully saturated rings. The lowest BCUT2D eigenvalue weighted by Gasteiger charge is -2.24. The normalized spacial score (nSPS) is 18.4. The maximum absolute atomic E-state index is 13.1. The zero-order valence-electron chi connectivity index (χ0n) is 16.1. The van der Waals surface area contributed by atoms with E-state index in [1.54, 1.807) is 0 Å². The summed E-state index contributed by atoms with van der Waals surface area (Å²) >= 11 is 0. The molecule has 4 rings (SSSR count). The van der Waals surface area contributed by atoms with E-state index in [0.717, 1.165) is 24.2 Å². The molecule has 154 valence electrons. The first kappa shape index (κ1) is 20.0. The molecule has 2 aliphatic heterocycles. The highest BCUT2D eigenvalue weighted by Crippen LogP contribution is 2.27. The Morgan fingerprint density at radius 3 is 2.48 bits per heavy atom. The second-order valence-electron chi connectivity index (χ2n) is 7.41. The lowest BCUT2D eigenvalue weighted by Crippen LogP contribution is -2.41. The molecule has 0 radical (unpaired) electrons. The fraction of sp³-hybridized carbons (Fsp3) is 0.381. The van der Waals surface area contributed by atoms with Gasteiger partial charge in [-0.3, -0.25) is 9.69 Å². The molecule has 8 heteroatoms. The molecule has 0 aliphatic carbocycles. The van der Waals surface area contributed by atoms with Gasteiger partial charge >= 0.3 is 0 Å². The lowest BCUT2D eigenvalue weighted by molar-refractivity contribution is -0.119. The second-order valence-corrected chi connectivity index (χ2v) is 9.35. The molecule has 0 aromatic heterocycles. The fourth-order valence-electron chi connectivity index (χ4n) is 3.98. The molecule has 0 bridgehead atoms. The third-order valence-corrected chi connectivity index (χ3v) is 7.46. The number of benzene rings is 2. The van der Waals surface area contributed by atoms with Crippen LogP contribution >= 0.6 is 0 Å². The maximum Gasteiger partial charge on any atom is 0.243 e. The summed E-state index contributed by atoms with van der Waals surface area (Å²) in [4.78, 5) is 16.8. The van der Waals surface area contributed by atoms with Crippen molar-refractivity contribution in [2.45, 2.75) is 17.7 Å². The van der Waals surface area contributed by atoms with Crippen molar-refractivity contribution >= 4 is 21.6 Å². The van der Waals surface area contributed by atoms with Crippen molar-refractivity contribution < 1.29 is 17.6 Å². The molecule has 2 aromatic carbocycles. The molecule has 2 aliphatic rings. The van der Waals surface area contributed by atoms with Crippen molar-refractivity contribution in [3.8, 4) is 0 Å². The van der Waals surface area contributed by atoms with E-state index in [9.17, 15) is 17.6 Å². The number of sulfonamides is 1. The molecule has 0 saturated carbocycles. The SMILES string of the molecule is O=C(CN1CCCN(S(=O)(=O)c2ccc(F)cc2)CC1)N1CCc2ccccc21. The number of para-hydroxylation sites is 1. The molecule has 1 saturated heterocycles. The largest absolute Gasteiger partial charge is 0.311 e. The van der Waals surface area contributed by atoms with Crippen molar-refractivity contribution in [3.63, 3.8) is 0 Å². The van der Waals surface area contributed by atoms with E-state index in [0.29, 0.717) is 39.1 Å². The van der Waals surface area contributed by atoms with Gasteiger partial charge in [0, 0.05) is 31.9 Å². The highest BCUT2D eigenvalue weighted by Gasteiger charge is 2.29. The van der Waals surface area contributed by atoms with Crippen molar-refractivity contribution in [2.75, 3.05) is 44.2 Å². The average Bonchev–Trinajstić information content (AvgIpc) is 3.00. The standard InChI is InChI=1S/C21H24FN3O3S/c22-18-6-8-19(9-7-18)29(27,28)24-12-3-11-23(14-15-24)16-21(26)25-13-10-17-4-1-2-5-20(17)25/h1-2,4-9H,3,10-16H2. The second kappa shape index (κ2) is 8.22. The molecular formula is C21H24FN3O3S. The summed E-state index contributed by atoms with van der Waals surface area (Å²) in [6.07, 6.45) is 1.51. The van der Waals surface area contributed by atoms with Crippen LogP contribution in [-0.4, -0.2) is 62.8 Å². The number of anilines is 1. The topological polar surface area (TPSA) is 60.9 Å². The number of hydrogen-bond donors (Lipinski definition) is 0. The Kier molecular flexibility index (Phi) is 5.67. The zero-order chi connectivity index (χ0) is 20.4. The molecule has 29 heavy (non-hydrogen) atoms. The number of carbonyl (C=O) groups excluding carboxylic acids is 1. The predicted octanol–water partition coefficient (Wildman–Crippen LogP) is 2.11. The average molecular weight is 418 g/mol. The van der Waals surface area contributed by atoms with Crippen LogP contribution in [-0.2, 0) is 21.2 Å². The van der Waals surface area contributed by atoms with Crippen LogP contribution in [0.1, 0.15) is 12.0 Å². The summed E-state index contributed by atoms with van der Waals surface area (Å²) in [7, 11) is -3.67. The number of amides is 1. The van der Waals surface area contributed by atoms with Crippen LogP contribution in [0.2, 0.25) is 0 Å². The van der Waals surface area contributed by atoms with E-state index in [1.165, 1.54) is 22.0 Å². The summed E-state index contributed by atoms with van der Waals surface area (Å²) < 4.78 is 40.2. The van der Waals surface area contributed by atoms with Crippen molar-refractivity contribution in [1.29, 1.82) is 0 Å². The third kappa shape index (κ3) is 4.19. The highest BCUT2D eigenvalue weighted by atomic mass is 32.2. The first-order valence-corrected chi connectivity index (χ1v) is 11.3. The van der Waals surface area contributed by atoms with E-state index < -0.39 is 15.8 Å². The first-order valence-electron chi connectivity index (χ1n) is 9.81. The number of nitrogens with zero attached hydrogens (tertiary/aromatic N) is 3. The van der Waals surface area contributed by atoms with Crippen molar-refractivity contribution in [1.82, 2.24) is 9.21 Å². The van der Waals surface area contributed by atoms with Gasteiger partial charge in [0.25, 0.3) is 0 Å². The monoisotopic (exact) mass is 417 g/mol. The Morgan fingerprint density at radius 2 is 1.69 bits per heavy atom. The third-order valence-electron chi connectivity index (χ3n) is 5.55. The van der Waals surface area contributed by atoms with Crippen molar-refractivity contribution in [3.05, 3.63) is 59.9 Å². The number of hydrogen-bond acceptors (Lipinski definition) is 4. The van der Waals surface area contributed by atoms with Gasteiger partial charge in [-0.05, 0) is 55.3 Å².